The average Bonchev–Trinajstić information content (AvgIpc) is 2.34. The summed E-state index contributed by atoms with van der Waals surface area (Å²) in [4.78, 5) is 0. The molecule has 0 aliphatic carbocycles. The fraction of sp³-hybridized carbons (Fsp3) is 0.462. The van der Waals surface area contributed by atoms with E-state index in [-0.39, 0.29) is 18.9 Å². The zero-order chi connectivity index (χ0) is 15.3. The topological polar surface area (TPSA) is 67.8 Å². The van der Waals surface area contributed by atoms with Crippen LogP contribution in [0.5, 0.6) is 5.75 Å². The molecule has 7 heteroatoms. The maximum atomic E-state index is 12.0. The molecule has 0 spiro atoms. The number of aryl methyl sites for hydroxylation is 2. The van der Waals surface area contributed by atoms with Gasteiger partial charge in [-0.1, -0.05) is 5.16 Å². The Bertz CT molecular complexity index is 476. The predicted molar refractivity (Wildman–Crippen MR) is 69.2 cm³/mol. The van der Waals surface area contributed by atoms with Gasteiger partial charge in [0.15, 0.2) is 5.84 Å². The Morgan fingerprint density at radius 3 is 2.30 bits per heavy atom. The number of rotatable bonds is 5. The van der Waals surface area contributed by atoms with Gasteiger partial charge in [0.25, 0.3) is 0 Å². The van der Waals surface area contributed by atoms with E-state index in [0.717, 1.165) is 11.1 Å². The monoisotopic (exact) mass is 290 g/mol. The molecule has 1 rings (SSSR count). The highest BCUT2D eigenvalue weighted by molar-refractivity contribution is 5.97. The molecule has 0 aliphatic rings. The van der Waals surface area contributed by atoms with Crippen LogP contribution in [0.3, 0.4) is 0 Å². The Morgan fingerprint density at radius 2 is 1.85 bits per heavy atom. The van der Waals surface area contributed by atoms with Crippen molar-refractivity contribution >= 4 is 5.84 Å². The Balaban J connectivity index is 2.72. The zero-order valence-corrected chi connectivity index (χ0v) is 11.3. The van der Waals surface area contributed by atoms with E-state index in [0.29, 0.717) is 11.3 Å². The van der Waals surface area contributed by atoms with Gasteiger partial charge in [0.05, 0.1) is 6.61 Å². The van der Waals surface area contributed by atoms with Gasteiger partial charge in [-0.15, -0.1) is 0 Å². The summed E-state index contributed by atoms with van der Waals surface area (Å²) in [6.45, 7) is 3.49. The maximum Gasteiger partial charge on any atom is 0.389 e. The second kappa shape index (κ2) is 6.49. The molecule has 3 N–H and O–H groups in total. The van der Waals surface area contributed by atoms with Crippen molar-refractivity contribution in [3.05, 3.63) is 28.8 Å². The van der Waals surface area contributed by atoms with Crippen molar-refractivity contribution in [3.8, 4) is 5.75 Å². The first-order valence-corrected chi connectivity index (χ1v) is 6.03. The minimum atomic E-state index is -4.16. The fourth-order valence-corrected chi connectivity index (χ4v) is 1.83. The molecule has 0 radical (unpaired) electrons. The summed E-state index contributed by atoms with van der Waals surface area (Å²) in [7, 11) is 0. The van der Waals surface area contributed by atoms with Crippen molar-refractivity contribution in [2.75, 3.05) is 6.61 Å². The largest absolute Gasteiger partial charge is 0.493 e. The molecule has 0 atom stereocenters. The van der Waals surface area contributed by atoms with Crippen LogP contribution in [0, 0.1) is 13.8 Å². The molecule has 1 aromatic carbocycles. The SMILES string of the molecule is Cc1cc(/C(N)=N/O)cc(C)c1OCCCC(F)(F)F. The lowest BCUT2D eigenvalue weighted by atomic mass is 10.1. The first-order valence-electron chi connectivity index (χ1n) is 6.03. The van der Waals surface area contributed by atoms with Crippen LogP contribution in [0.4, 0.5) is 13.2 Å². The predicted octanol–water partition coefficient (Wildman–Crippen LogP) is 3.12. The number of halogens is 3. The quantitative estimate of drug-likeness (QED) is 0.288. The van der Waals surface area contributed by atoms with E-state index in [2.05, 4.69) is 5.16 Å². The summed E-state index contributed by atoms with van der Waals surface area (Å²) in [5, 5.41) is 11.5. The molecule has 0 saturated heterocycles. The summed E-state index contributed by atoms with van der Waals surface area (Å²) in [5.41, 5.74) is 7.46. The Morgan fingerprint density at radius 1 is 1.30 bits per heavy atom. The van der Waals surface area contributed by atoms with E-state index in [1.165, 1.54) is 0 Å². The van der Waals surface area contributed by atoms with Crippen LogP contribution < -0.4 is 10.5 Å². The second-order valence-corrected chi connectivity index (χ2v) is 4.49. The highest BCUT2D eigenvalue weighted by atomic mass is 19.4. The third-order valence-corrected chi connectivity index (χ3v) is 2.71. The van der Waals surface area contributed by atoms with Gasteiger partial charge in [-0.2, -0.15) is 13.2 Å². The van der Waals surface area contributed by atoms with Crippen LogP contribution >= 0.6 is 0 Å². The van der Waals surface area contributed by atoms with Crippen LogP contribution in [-0.2, 0) is 0 Å². The van der Waals surface area contributed by atoms with E-state index in [1.807, 2.05) is 0 Å². The Kier molecular flexibility index (Phi) is 5.24. The highest BCUT2D eigenvalue weighted by Crippen LogP contribution is 2.26. The zero-order valence-electron chi connectivity index (χ0n) is 11.3. The summed E-state index contributed by atoms with van der Waals surface area (Å²) in [6, 6.07) is 3.31. The molecule has 0 fully saturated rings. The van der Waals surface area contributed by atoms with E-state index in [4.69, 9.17) is 15.7 Å². The molecular formula is C13H17F3N2O2. The van der Waals surface area contributed by atoms with Crippen LogP contribution in [0.15, 0.2) is 17.3 Å². The molecule has 0 aliphatic heterocycles. The third kappa shape index (κ3) is 4.64. The number of alkyl halides is 3. The molecule has 20 heavy (non-hydrogen) atoms. The molecule has 112 valence electrons. The van der Waals surface area contributed by atoms with E-state index >= 15 is 0 Å². The summed E-state index contributed by atoms with van der Waals surface area (Å²) in [6.07, 6.45) is -5.12. The lowest BCUT2D eigenvalue weighted by Crippen LogP contribution is -2.14. The van der Waals surface area contributed by atoms with Gasteiger partial charge < -0.3 is 15.7 Å². The standard InChI is InChI=1S/C13H17F3N2O2/c1-8-6-10(12(17)18-19)7-9(2)11(8)20-5-3-4-13(14,15)16/h6-7,19H,3-5H2,1-2H3,(H2,17,18). The Hall–Kier alpha value is -1.92. The van der Waals surface area contributed by atoms with Gasteiger partial charge in [0.2, 0.25) is 0 Å². The summed E-state index contributed by atoms with van der Waals surface area (Å²) >= 11 is 0. The number of hydrogen-bond acceptors (Lipinski definition) is 3. The van der Waals surface area contributed by atoms with Crippen molar-refractivity contribution in [1.29, 1.82) is 0 Å². The van der Waals surface area contributed by atoms with Crippen molar-refractivity contribution < 1.29 is 23.1 Å². The lowest BCUT2D eigenvalue weighted by Gasteiger charge is -2.14. The van der Waals surface area contributed by atoms with Crippen LogP contribution in [0.25, 0.3) is 0 Å². The number of ether oxygens (including phenoxy) is 1. The van der Waals surface area contributed by atoms with Gasteiger partial charge in [-0.3, -0.25) is 0 Å². The molecular weight excluding hydrogens is 273 g/mol. The molecule has 0 heterocycles. The molecule has 0 bridgehead atoms. The van der Waals surface area contributed by atoms with E-state index in [1.54, 1.807) is 26.0 Å². The van der Waals surface area contributed by atoms with Gasteiger partial charge in [-0.25, -0.2) is 0 Å². The van der Waals surface area contributed by atoms with Crippen LogP contribution in [0.1, 0.15) is 29.5 Å². The van der Waals surface area contributed by atoms with Crippen molar-refractivity contribution in [2.24, 2.45) is 10.9 Å². The van der Waals surface area contributed by atoms with Gasteiger partial charge >= 0.3 is 6.18 Å². The van der Waals surface area contributed by atoms with E-state index in [9.17, 15) is 13.2 Å². The highest BCUT2D eigenvalue weighted by Gasteiger charge is 2.26. The number of nitrogens with zero attached hydrogens (tertiary/aromatic N) is 1. The molecule has 0 aromatic heterocycles. The second-order valence-electron chi connectivity index (χ2n) is 4.49. The number of hydrogen-bond donors (Lipinski definition) is 2. The van der Waals surface area contributed by atoms with Crippen LogP contribution in [-0.4, -0.2) is 23.8 Å². The third-order valence-electron chi connectivity index (χ3n) is 2.71. The Labute approximate surface area is 115 Å². The lowest BCUT2D eigenvalue weighted by molar-refractivity contribution is -0.136. The molecule has 1 aromatic rings. The summed E-state index contributed by atoms with van der Waals surface area (Å²) in [5.74, 6) is 0.501. The fourth-order valence-electron chi connectivity index (χ4n) is 1.83. The first-order chi connectivity index (χ1) is 9.24. The minimum absolute atomic E-state index is 0.00981. The molecule has 4 nitrogen and oxygen atoms in total. The van der Waals surface area contributed by atoms with Crippen molar-refractivity contribution in [2.45, 2.75) is 32.9 Å². The minimum Gasteiger partial charge on any atom is -0.493 e. The van der Waals surface area contributed by atoms with Crippen molar-refractivity contribution in [1.82, 2.24) is 0 Å². The molecule has 0 unspecified atom stereocenters. The number of amidine groups is 1. The van der Waals surface area contributed by atoms with Gasteiger partial charge in [0.1, 0.15) is 5.75 Å². The molecule has 0 saturated carbocycles. The maximum absolute atomic E-state index is 12.0. The van der Waals surface area contributed by atoms with Crippen molar-refractivity contribution in [3.63, 3.8) is 0 Å². The first kappa shape index (κ1) is 16.1. The van der Waals surface area contributed by atoms with Gasteiger partial charge in [-0.05, 0) is 43.5 Å². The molecule has 0 amide bonds. The normalized spacial score (nSPS) is 12.6. The number of nitrogens with two attached hydrogens (primary N) is 1. The number of benzene rings is 1. The average molecular weight is 290 g/mol. The smallest absolute Gasteiger partial charge is 0.389 e. The van der Waals surface area contributed by atoms with Gasteiger partial charge in [0, 0.05) is 12.0 Å². The van der Waals surface area contributed by atoms with Crippen LogP contribution in [0.2, 0.25) is 0 Å². The summed E-state index contributed by atoms with van der Waals surface area (Å²) < 4.78 is 41.4. The van der Waals surface area contributed by atoms with E-state index < -0.39 is 12.6 Å². The number of oxime groups is 1.